The molecule has 3 heterocycles. The quantitative estimate of drug-likeness (QED) is 0.796. The van der Waals surface area contributed by atoms with E-state index in [9.17, 15) is 0 Å². The molecule has 0 aliphatic rings. The van der Waals surface area contributed by atoms with Crippen LogP contribution in [0.1, 0.15) is 25.8 Å². The number of nitrogens with zero attached hydrogens (tertiary/aromatic N) is 5. The van der Waals surface area contributed by atoms with Crippen molar-refractivity contribution in [1.82, 2.24) is 30.1 Å². The molecule has 0 aliphatic heterocycles. The molecule has 3 aromatic rings. The van der Waals surface area contributed by atoms with Crippen molar-refractivity contribution < 1.29 is 0 Å². The average molecular weight is 288 g/mol. The van der Waals surface area contributed by atoms with Gasteiger partial charge in [0.2, 0.25) is 4.96 Å². The molecule has 3 aromatic heterocycles. The molecule has 0 saturated heterocycles. The Balaban J connectivity index is 2.08. The number of rotatable bonds is 4. The van der Waals surface area contributed by atoms with E-state index in [1.807, 2.05) is 12.1 Å². The Kier molecular flexibility index (Phi) is 3.23. The van der Waals surface area contributed by atoms with Crippen molar-refractivity contribution >= 4 is 16.3 Å². The molecule has 0 saturated carbocycles. The molecule has 0 radical (unpaired) electrons. The molecule has 7 heteroatoms. The summed E-state index contributed by atoms with van der Waals surface area (Å²) in [4.78, 5) is 4.91. The predicted molar refractivity (Wildman–Crippen MR) is 78.6 cm³/mol. The second kappa shape index (κ2) is 4.92. The average Bonchev–Trinajstić information content (AvgIpc) is 2.99. The molecular formula is C13H16N6S. The third-order valence-corrected chi connectivity index (χ3v) is 4.29. The van der Waals surface area contributed by atoms with E-state index in [1.54, 1.807) is 28.2 Å². The number of fused-ring (bicyclic) bond motifs is 1. The van der Waals surface area contributed by atoms with Gasteiger partial charge in [-0.05, 0) is 32.5 Å². The minimum absolute atomic E-state index is 0.174. The van der Waals surface area contributed by atoms with Crippen LogP contribution >= 0.6 is 11.3 Å². The van der Waals surface area contributed by atoms with Gasteiger partial charge in [-0.15, -0.1) is 10.2 Å². The van der Waals surface area contributed by atoms with Gasteiger partial charge in [0.15, 0.2) is 5.82 Å². The molecule has 0 fully saturated rings. The molecule has 0 aromatic carbocycles. The number of hydrogen-bond acceptors (Lipinski definition) is 6. The fraction of sp³-hybridized carbons (Fsp3) is 0.385. The SMILES string of the molecule is CCNC(C)(C)c1nn2c(-c3cccnc3)nnc2s1. The van der Waals surface area contributed by atoms with Gasteiger partial charge in [-0.3, -0.25) is 4.98 Å². The molecule has 0 atom stereocenters. The third kappa shape index (κ3) is 2.19. The van der Waals surface area contributed by atoms with E-state index in [2.05, 4.69) is 46.4 Å². The van der Waals surface area contributed by atoms with Gasteiger partial charge in [0.1, 0.15) is 5.01 Å². The van der Waals surface area contributed by atoms with Crippen molar-refractivity contribution in [2.45, 2.75) is 26.3 Å². The first kappa shape index (κ1) is 13.1. The highest BCUT2D eigenvalue weighted by molar-refractivity contribution is 7.16. The fourth-order valence-corrected chi connectivity index (χ4v) is 2.98. The summed E-state index contributed by atoms with van der Waals surface area (Å²) in [6.45, 7) is 7.21. The van der Waals surface area contributed by atoms with E-state index >= 15 is 0 Å². The van der Waals surface area contributed by atoms with Crippen LogP contribution in [0.3, 0.4) is 0 Å². The molecule has 3 rings (SSSR count). The largest absolute Gasteiger partial charge is 0.306 e. The molecule has 104 valence electrons. The monoisotopic (exact) mass is 288 g/mol. The third-order valence-electron chi connectivity index (χ3n) is 3.06. The molecule has 0 aliphatic carbocycles. The summed E-state index contributed by atoms with van der Waals surface area (Å²) < 4.78 is 1.79. The second-order valence-electron chi connectivity index (χ2n) is 5.02. The lowest BCUT2D eigenvalue weighted by Crippen LogP contribution is -2.36. The predicted octanol–water partition coefficient (Wildman–Crippen LogP) is 2.09. The van der Waals surface area contributed by atoms with Gasteiger partial charge in [0, 0.05) is 18.0 Å². The first-order valence-corrected chi connectivity index (χ1v) is 7.31. The first-order valence-electron chi connectivity index (χ1n) is 6.50. The van der Waals surface area contributed by atoms with E-state index < -0.39 is 0 Å². The van der Waals surface area contributed by atoms with Crippen molar-refractivity contribution in [2.24, 2.45) is 0 Å². The lowest BCUT2D eigenvalue weighted by atomic mass is 10.1. The minimum atomic E-state index is -0.174. The van der Waals surface area contributed by atoms with Crippen molar-refractivity contribution in [3.63, 3.8) is 0 Å². The van der Waals surface area contributed by atoms with E-state index in [1.165, 1.54) is 0 Å². The maximum Gasteiger partial charge on any atom is 0.235 e. The van der Waals surface area contributed by atoms with Crippen LogP contribution in [0.2, 0.25) is 0 Å². The Morgan fingerprint density at radius 1 is 1.35 bits per heavy atom. The van der Waals surface area contributed by atoms with Gasteiger partial charge in [-0.2, -0.15) is 9.61 Å². The van der Waals surface area contributed by atoms with Crippen molar-refractivity contribution in [1.29, 1.82) is 0 Å². The number of pyridine rings is 1. The van der Waals surface area contributed by atoms with Crippen LogP contribution < -0.4 is 5.32 Å². The normalized spacial score (nSPS) is 12.2. The van der Waals surface area contributed by atoms with Crippen LogP contribution in [0.15, 0.2) is 24.5 Å². The zero-order chi connectivity index (χ0) is 14.2. The Hall–Kier alpha value is -1.86. The molecule has 0 bridgehead atoms. The highest BCUT2D eigenvalue weighted by Crippen LogP contribution is 2.27. The van der Waals surface area contributed by atoms with Gasteiger partial charge in [0.25, 0.3) is 0 Å². The van der Waals surface area contributed by atoms with Gasteiger partial charge < -0.3 is 5.32 Å². The lowest BCUT2D eigenvalue weighted by Gasteiger charge is -2.21. The smallest absolute Gasteiger partial charge is 0.235 e. The van der Waals surface area contributed by atoms with E-state index in [-0.39, 0.29) is 5.54 Å². The van der Waals surface area contributed by atoms with E-state index in [0.717, 1.165) is 27.9 Å². The molecule has 0 spiro atoms. The molecule has 0 amide bonds. The summed E-state index contributed by atoms with van der Waals surface area (Å²) in [7, 11) is 0. The van der Waals surface area contributed by atoms with Crippen LogP contribution in [0.4, 0.5) is 0 Å². The van der Waals surface area contributed by atoms with Crippen LogP contribution in [0.5, 0.6) is 0 Å². The summed E-state index contributed by atoms with van der Waals surface area (Å²) >= 11 is 1.55. The standard InChI is InChI=1S/C13H16N6S/c1-4-15-13(2,3)11-18-19-10(16-17-12(19)20-11)9-6-5-7-14-8-9/h5-8,15H,4H2,1-3H3. The van der Waals surface area contributed by atoms with Crippen LogP contribution in [-0.2, 0) is 5.54 Å². The molecule has 6 nitrogen and oxygen atoms in total. The lowest BCUT2D eigenvalue weighted by molar-refractivity contribution is 0.409. The fourth-order valence-electron chi connectivity index (χ4n) is 2.06. The van der Waals surface area contributed by atoms with E-state index in [0.29, 0.717) is 0 Å². The Bertz CT molecular complexity index is 715. The summed E-state index contributed by atoms with van der Waals surface area (Å²) in [6, 6.07) is 3.84. The summed E-state index contributed by atoms with van der Waals surface area (Å²) in [5.74, 6) is 0.725. The zero-order valence-corrected chi connectivity index (χ0v) is 12.5. The molecule has 1 N–H and O–H groups in total. The maximum atomic E-state index is 4.66. The Labute approximate surface area is 120 Å². The van der Waals surface area contributed by atoms with E-state index in [4.69, 9.17) is 0 Å². The summed E-state index contributed by atoms with van der Waals surface area (Å²) in [5.41, 5.74) is 0.741. The zero-order valence-electron chi connectivity index (χ0n) is 11.7. The number of hydrogen-bond donors (Lipinski definition) is 1. The summed E-state index contributed by atoms with van der Waals surface area (Å²) in [6.07, 6.45) is 3.51. The topological polar surface area (TPSA) is 68.0 Å². The Morgan fingerprint density at radius 2 is 2.20 bits per heavy atom. The number of aromatic nitrogens is 5. The van der Waals surface area contributed by atoms with Gasteiger partial charge in [-0.1, -0.05) is 18.3 Å². The second-order valence-corrected chi connectivity index (χ2v) is 5.98. The van der Waals surface area contributed by atoms with Gasteiger partial charge >= 0.3 is 0 Å². The molecular weight excluding hydrogens is 272 g/mol. The van der Waals surface area contributed by atoms with Crippen LogP contribution in [0.25, 0.3) is 16.3 Å². The van der Waals surface area contributed by atoms with Crippen molar-refractivity contribution in [2.75, 3.05) is 6.54 Å². The number of nitrogens with one attached hydrogen (secondary N) is 1. The van der Waals surface area contributed by atoms with Gasteiger partial charge in [-0.25, -0.2) is 0 Å². The molecule has 0 unspecified atom stereocenters. The highest BCUT2D eigenvalue weighted by Gasteiger charge is 2.25. The Morgan fingerprint density at radius 3 is 2.90 bits per heavy atom. The molecule has 20 heavy (non-hydrogen) atoms. The van der Waals surface area contributed by atoms with Crippen molar-refractivity contribution in [3.05, 3.63) is 29.5 Å². The van der Waals surface area contributed by atoms with Crippen LogP contribution in [-0.4, -0.2) is 31.3 Å². The first-order chi connectivity index (χ1) is 9.62. The maximum absolute atomic E-state index is 4.66. The minimum Gasteiger partial charge on any atom is -0.306 e. The van der Waals surface area contributed by atoms with Crippen LogP contribution in [0, 0.1) is 0 Å². The summed E-state index contributed by atoms with van der Waals surface area (Å²) in [5, 5.41) is 17.5. The van der Waals surface area contributed by atoms with Gasteiger partial charge in [0.05, 0.1) is 5.54 Å². The van der Waals surface area contributed by atoms with Crippen molar-refractivity contribution in [3.8, 4) is 11.4 Å². The highest BCUT2D eigenvalue weighted by atomic mass is 32.1.